The van der Waals surface area contributed by atoms with Gasteiger partial charge in [0, 0.05) is 30.9 Å². The van der Waals surface area contributed by atoms with Gasteiger partial charge in [0.1, 0.15) is 5.75 Å². The number of urea groups is 1. The Morgan fingerprint density at radius 2 is 1.83 bits per heavy atom. The zero-order chi connectivity index (χ0) is 21.2. The van der Waals surface area contributed by atoms with Crippen LogP contribution in [0.5, 0.6) is 5.75 Å². The maximum absolute atomic E-state index is 12.3. The number of hydrogen-bond acceptors (Lipinski definition) is 3. The van der Waals surface area contributed by atoms with Crippen LogP contribution in [-0.2, 0) is 11.2 Å². The molecule has 29 heavy (non-hydrogen) atoms. The average Bonchev–Trinajstić information content (AvgIpc) is 2.67. The maximum atomic E-state index is 12.3. The molecule has 3 N–H and O–H groups in total. The van der Waals surface area contributed by atoms with E-state index in [4.69, 9.17) is 4.74 Å². The number of amides is 3. The Labute approximate surface area is 173 Å². The lowest BCUT2D eigenvalue weighted by Gasteiger charge is -2.18. The standard InChI is InChI=1S/C23H31N3O3/c1-5-18-9-6-12-21(16(2)3)22(18)26-23(28)24-13-8-14-29-20-11-7-10-19(15-20)25-17(4)27/h6-7,9-12,15-16H,5,8,13-14H2,1-4H3,(H,25,27)(H2,24,26,28). The quantitative estimate of drug-likeness (QED) is 0.525. The van der Waals surface area contributed by atoms with Crippen LogP contribution in [0.4, 0.5) is 16.2 Å². The topological polar surface area (TPSA) is 79.5 Å². The second-order valence-corrected chi connectivity index (χ2v) is 7.18. The molecule has 0 aliphatic rings. The number of carbonyl (C=O) groups is 2. The van der Waals surface area contributed by atoms with Gasteiger partial charge in [0.25, 0.3) is 0 Å². The Balaban J connectivity index is 1.79. The molecule has 0 saturated heterocycles. The average molecular weight is 398 g/mol. The lowest BCUT2D eigenvalue weighted by atomic mass is 9.96. The van der Waals surface area contributed by atoms with Crippen molar-refractivity contribution in [3.63, 3.8) is 0 Å². The van der Waals surface area contributed by atoms with E-state index in [1.165, 1.54) is 6.92 Å². The van der Waals surface area contributed by atoms with Crippen molar-refractivity contribution in [3.05, 3.63) is 53.6 Å². The third-order valence-electron chi connectivity index (χ3n) is 4.45. The first kappa shape index (κ1) is 22.3. The molecule has 0 aliphatic carbocycles. The predicted octanol–water partition coefficient (Wildman–Crippen LogP) is 4.92. The van der Waals surface area contributed by atoms with Crippen LogP contribution in [0, 0.1) is 0 Å². The normalized spacial score (nSPS) is 10.5. The molecule has 0 bridgehead atoms. The zero-order valence-electron chi connectivity index (χ0n) is 17.7. The molecule has 156 valence electrons. The van der Waals surface area contributed by atoms with Gasteiger partial charge in [0.15, 0.2) is 0 Å². The number of para-hydroxylation sites is 1. The number of carbonyl (C=O) groups excluding carboxylic acids is 2. The highest BCUT2D eigenvalue weighted by atomic mass is 16.5. The predicted molar refractivity (Wildman–Crippen MR) is 118 cm³/mol. The Morgan fingerprint density at radius 1 is 1.07 bits per heavy atom. The molecule has 3 amide bonds. The van der Waals surface area contributed by atoms with Crippen LogP contribution in [0.3, 0.4) is 0 Å². The summed E-state index contributed by atoms with van der Waals surface area (Å²) < 4.78 is 5.69. The highest BCUT2D eigenvalue weighted by Gasteiger charge is 2.12. The van der Waals surface area contributed by atoms with Crippen molar-refractivity contribution in [2.45, 2.75) is 46.5 Å². The van der Waals surface area contributed by atoms with Crippen LogP contribution in [0.25, 0.3) is 0 Å². The maximum Gasteiger partial charge on any atom is 0.319 e. The molecule has 0 radical (unpaired) electrons. The third-order valence-corrected chi connectivity index (χ3v) is 4.45. The molecule has 0 atom stereocenters. The lowest BCUT2D eigenvalue weighted by molar-refractivity contribution is -0.114. The summed E-state index contributed by atoms with van der Waals surface area (Å²) in [7, 11) is 0. The van der Waals surface area contributed by atoms with Crippen molar-refractivity contribution >= 4 is 23.3 Å². The third kappa shape index (κ3) is 7.14. The van der Waals surface area contributed by atoms with Gasteiger partial charge >= 0.3 is 6.03 Å². The van der Waals surface area contributed by atoms with Gasteiger partial charge in [-0.15, -0.1) is 0 Å². The summed E-state index contributed by atoms with van der Waals surface area (Å²) in [5, 5.41) is 8.62. The first-order valence-corrected chi connectivity index (χ1v) is 10.1. The first-order chi connectivity index (χ1) is 13.9. The van der Waals surface area contributed by atoms with Crippen molar-refractivity contribution in [1.82, 2.24) is 5.32 Å². The van der Waals surface area contributed by atoms with Gasteiger partial charge in [-0.25, -0.2) is 4.79 Å². The highest BCUT2D eigenvalue weighted by molar-refractivity contribution is 5.91. The van der Waals surface area contributed by atoms with Crippen LogP contribution in [-0.4, -0.2) is 25.1 Å². The Hall–Kier alpha value is -3.02. The summed E-state index contributed by atoms with van der Waals surface area (Å²) >= 11 is 0. The van der Waals surface area contributed by atoms with Gasteiger partial charge in [-0.05, 0) is 42.0 Å². The SMILES string of the molecule is CCc1cccc(C(C)C)c1NC(=O)NCCCOc1cccc(NC(C)=O)c1. The van der Waals surface area contributed by atoms with Crippen LogP contribution >= 0.6 is 0 Å². The van der Waals surface area contributed by atoms with E-state index >= 15 is 0 Å². The van der Waals surface area contributed by atoms with E-state index in [9.17, 15) is 9.59 Å². The molecule has 0 fully saturated rings. The van der Waals surface area contributed by atoms with Crippen molar-refractivity contribution in [1.29, 1.82) is 0 Å². The van der Waals surface area contributed by atoms with Crippen molar-refractivity contribution in [2.24, 2.45) is 0 Å². The number of hydrogen-bond donors (Lipinski definition) is 3. The number of anilines is 2. The van der Waals surface area contributed by atoms with Crippen LogP contribution in [0.15, 0.2) is 42.5 Å². The first-order valence-electron chi connectivity index (χ1n) is 10.1. The monoisotopic (exact) mass is 397 g/mol. The van der Waals surface area contributed by atoms with Gasteiger partial charge in [-0.1, -0.05) is 45.0 Å². The minimum absolute atomic E-state index is 0.123. The van der Waals surface area contributed by atoms with Gasteiger partial charge in [-0.2, -0.15) is 0 Å². The molecule has 2 aromatic rings. The fraction of sp³-hybridized carbons (Fsp3) is 0.391. The van der Waals surface area contributed by atoms with Crippen molar-refractivity contribution in [2.75, 3.05) is 23.8 Å². The second-order valence-electron chi connectivity index (χ2n) is 7.18. The molecule has 0 saturated carbocycles. The smallest absolute Gasteiger partial charge is 0.319 e. The summed E-state index contributed by atoms with van der Waals surface area (Å²) in [6, 6.07) is 13.2. The van der Waals surface area contributed by atoms with Gasteiger partial charge < -0.3 is 20.7 Å². The van der Waals surface area contributed by atoms with Gasteiger partial charge in [-0.3, -0.25) is 4.79 Å². The van der Waals surface area contributed by atoms with Gasteiger partial charge in [0.2, 0.25) is 5.91 Å². The number of ether oxygens (including phenoxy) is 1. The number of benzene rings is 2. The minimum atomic E-state index is -0.208. The molecule has 0 spiro atoms. The van der Waals surface area contributed by atoms with E-state index in [1.54, 1.807) is 12.1 Å². The van der Waals surface area contributed by atoms with Crippen molar-refractivity contribution in [3.8, 4) is 5.75 Å². The van der Waals surface area contributed by atoms with E-state index in [0.717, 1.165) is 23.2 Å². The Kier molecular flexibility index (Phi) is 8.52. The molecule has 0 unspecified atom stereocenters. The summed E-state index contributed by atoms with van der Waals surface area (Å²) in [5.41, 5.74) is 3.88. The Bertz CT molecular complexity index is 834. The fourth-order valence-electron chi connectivity index (χ4n) is 3.04. The Morgan fingerprint density at radius 3 is 2.52 bits per heavy atom. The molecular weight excluding hydrogens is 366 g/mol. The van der Waals surface area contributed by atoms with E-state index in [2.05, 4.69) is 42.8 Å². The van der Waals surface area contributed by atoms with Crippen molar-refractivity contribution < 1.29 is 14.3 Å². The molecule has 0 aliphatic heterocycles. The number of rotatable bonds is 9. The summed E-state index contributed by atoms with van der Waals surface area (Å²) in [6.45, 7) is 8.76. The van der Waals surface area contributed by atoms with Gasteiger partial charge in [0.05, 0.1) is 6.61 Å². The van der Waals surface area contributed by atoms with Crippen LogP contribution in [0.1, 0.15) is 51.2 Å². The van der Waals surface area contributed by atoms with Crippen LogP contribution in [0.2, 0.25) is 0 Å². The number of aryl methyl sites for hydroxylation is 1. The largest absolute Gasteiger partial charge is 0.493 e. The van der Waals surface area contributed by atoms with E-state index in [0.29, 0.717) is 36.9 Å². The van der Waals surface area contributed by atoms with Crippen LogP contribution < -0.4 is 20.7 Å². The molecular formula is C23H31N3O3. The summed E-state index contributed by atoms with van der Waals surface area (Å²) in [5.74, 6) is 0.889. The molecule has 6 heteroatoms. The molecule has 0 heterocycles. The summed E-state index contributed by atoms with van der Waals surface area (Å²) in [4.78, 5) is 23.5. The van der Waals surface area contributed by atoms with E-state index < -0.39 is 0 Å². The molecule has 2 aromatic carbocycles. The number of nitrogens with one attached hydrogen (secondary N) is 3. The molecule has 6 nitrogen and oxygen atoms in total. The molecule has 2 rings (SSSR count). The minimum Gasteiger partial charge on any atom is -0.493 e. The lowest BCUT2D eigenvalue weighted by Crippen LogP contribution is -2.31. The summed E-state index contributed by atoms with van der Waals surface area (Å²) in [6.07, 6.45) is 1.53. The molecule has 0 aromatic heterocycles. The van der Waals surface area contributed by atoms with E-state index in [1.807, 2.05) is 24.3 Å². The highest BCUT2D eigenvalue weighted by Crippen LogP contribution is 2.28. The van der Waals surface area contributed by atoms with E-state index in [-0.39, 0.29) is 11.9 Å². The fourth-order valence-corrected chi connectivity index (χ4v) is 3.04. The zero-order valence-corrected chi connectivity index (χ0v) is 17.7. The second kappa shape index (κ2) is 11.1.